The van der Waals surface area contributed by atoms with Gasteiger partial charge >= 0.3 is 11.9 Å². The molecule has 5 fully saturated rings. The topological polar surface area (TPSA) is 72.8 Å². The molecule has 0 bridgehead atoms. The van der Waals surface area contributed by atoms with E-state index in [4.69, 9.17) is 9.47 Å². The lowest BCUT2D eigenvalue weighted by Gasteiger charge is -2.65. The van der Waals surface area contributed by atoms with E-state index in [1.54, 1.807) is 6.92 Å². The predicted molar refractivity (Wildman–Crippen MR) is 153 cm³/mol. The van der Waals surface area contributed by atoms with Gasteiger partial charge in [-0.2, -0.15) is 0 Å². The molecule has 0 saturated heterocycles. The highest BCUT2D eigenvalue weighted by atomic mass is 16.5. The summed E-state index contributed by atoms with van der Waals surface area (Å²) in [6.45, 7) is 19.9. The van der Waals surface area contributed by atoms with Crippen molar-refractivity contribution in [3.63, 3.8) is 0 Å². The number of carbonyl (C=O) groups excluding carboxylic acids is 2. The van der Waals surface area contributed by atoms with E-state index >= 15 is 0 Å². The van der Waals surface area contributed by atoms with Gasteiger partial charge in [0.2, 0.25) is 0 Å². The summed E-state index contributed by atoms with van der Waals surface area (Å²) in [5.41, 5.74) is -0.433. The van der Waals surface area contributed by atoms with Crippen molar-refractivity contribution < 1.29 is 24.2 Å². The second-order valence-corrected chi connectivity index (χ2v) is 16.7. The molecule has 1 N–H and O–H groups in total. The highest BCUT2D eigenvalue weighted by molar-refractivity contribution is 5.66. The van der Waals surface area contributed by atoms with Crippen molar-refractivity contribution in [1.29, 1.82) is 0 Å². The fourth-order valence-electron chi connectivity index (χ4n) is 12.5. The maximum Gasteiger partial charge on any atom is 0.302 e. The lowest BCUT2D eigenvalue weighted by molar-refractivity contribution is -0.219. The van der Waals surface area contributed by atoms with Crippen molar-refractivity contribution in [2.45, 2.75) is 151 Å². The van der Waals surface area contributed by atoms with Gasteiger partial charge in [-0.25, -0.2) is 0 Å². The SMILES string of the molecule is CC(=O)OC1CCC2(C)C3CCC4C(O)(CCC5C(C)(C)C(OC(C)=O)CCC45C)CC3(C)CCC2C1(C)C. The standard InChI is InChI=1S/C34H56O5/c1-21(35)38-27-14-17-32(8)23(29(27,3)4)12-16-31(7)20-34(37)19-13-24-30(5,6)28(39-22(2)36)15-18-33(24,9)26(34)11-10-25(31)32/h23-28,37H,10-20H2,1-9H3. The van der Waals surface area contributed by atoms with Crippen LogP contribution in [0, 0.1) is 50.7 Å². The van der Waals surface area contributed by atoms with Gasteiger partial charge in [0.25, 0.3) is 0 Å². The van der Waals surface area contributed by atoms with E-state index in [2.05, 4.69) is 48.5 Å². The minimum atomic E-state index is -0.632. The molecule has 5 heteroatoms. The molecule has 5 nitrogen and oxygen atoms in total. The molecule has 222 valence electrons. The number of carbonyl (C=O) groups is 2. The molecule has 5 saturated carbocycles. The molecule has 0 radical (unpaired) electrons. The summed E-state index contributed by atoms with van der Waals surface area (Å²) < 4.78 is 11.8. The second-order valence-electron chi connectivity index (χ2n) is 16.7. The first-order chi connectivity index (χ1) is 17.9. The average molecular weight is 545 g/mol. The van der Waals surface area contributed by atoms with Crippen LogP contribution < -0.4 is 0 Å². The summed E-state index contributed by atoms with van der Waals surface area (Å²) in [6.07, 6.45) is 11.2. The number of hydrogen-bond donors (Lipinski definition) is 1. The monoisotopic (exact) mass is 544 g/mol. The summed E-state index contributed by atoms with van der Waals surface area (Å²) in [5.74, 6) is 1.44. The van der Waals surface area contributed by atoms with Gasteiger partial charge < -0.3 is 14.6 Å². The summed E-state index contributed by atoms with van der Waals surface area (Å²) in [7, 11) is 0. The summed E-state index contributed by atoms with van der Waals surface area (Å²) in [5, 5.41) is 12.6. The van der Waals surface area contributed by atoms with E-state index in [1.165, 1.54) is 13.3 Å². The van der Waals surface area contributed by atoms with E-state index in [9.17, 15) is 14.7 Å². The molecule has 10 unspecified atom stereocenters. The lowest BCUT2D eigenvalue weighted by Crippen LogP contribution is -2.62. The molecule has 10 atom stereocenters. The van der Waals surface area contributed by atoms with E-state index in [1.807, 2.05) is 0 Å². The largest absolute Gasteiger partial charge is 0.462 e. The highest BCUT2D eigenvalue weighted by Gasteiger charge is 2.67. The summed E-state index contributed by atoms with van der Waals surface area (Å²) >= 11 is 0. The fraction of sp³-hybridized carbons (Fsp3) is 0.941. The summed E-state index contributed by atoms with van der Waals surface area (Å²) in [4.78, 5) is 23.9. The Kier molecular flexibility index (Phi) is 6.93. The number of esters is 2. The van der Waals surface area contributed by atoms with Crippen molar-refractivity contribution in [2.24, 2.45) is 50.7 Å². The van der Waals surface area contributed by atoms with E-state index < -0.39 is 5.60 Å². The van der Waals surface area contributed by atoms with Crippen molar-refractivity contribution in [2.75, 3.05) is 0 Å². The Hall–Kier alpha value is -1.10. The Labute approximate surface area is 237 Å². The van der Waals surface area contributed by atoms with Gasteiger partial charge in [-0.1, -0.05) is 48.5 Å². The third-order valence-electron chi connectivity index (χ3n) is 14.0. The minimum absolute atomic E-state index is 0.00993. The van der Waals surface area contributed by atoms with Gasteiger partial charge in [0.05, 0.1) is 5.60 Å². The zero-order chi connectivity index (χ0) is 28.8. The number of fused-ring (bicyclic) bond motifs is 6. The zero-order valence-electron chi connectivity index (χ0n) is 26.3. The van der Waals surface area contributed by atoms with Crippen LogP contribution in [0.5, 0.6) is 0 Å². The van der Waals surface area contributed by atoms with Crippen LogP contribution in [0.15, 0.2) is 0 Å². The smallest absolute Gasteiger partial charge is 0.302 e. The Balaban J connectivity index is 1.46. The van der Waals surface area contributed by atoms with Gasteiger partial charge in [0.1, 0.15) is 12.2 Å². The highest BCUT2D eigenvalue weighted by Crippen LogP contribution is 2.72. The van der Waals surface area contributed by atoms with Gasteiger partial charge in [0.15, 0.2) is 0 Å². The van der Waals surface area contributed by atoms with Gasteiger partial charge in [0, 0.05) is 24.7 Å². The Morgan fingerprint density at radius 1 is 0.590 bits per heavy atom. The van der Waals surface area contributed by atoms with Gasteiger partial charge in [-0.15, -0.1) is 0 Å². The maximum absolute atomic E-state index is 12.6. The molecule has 0 aromatic heterocycles. The second kappa shape index (κ2) is 9.20. The quantitative estimate of drug-likeness (QED) is 0.365. The molecule has 5 rings (SSSR count). The van der Waals surface area contributed by atoms with Gasteiger partial charge in [-0.3, -0.25) is 9.59 Å². The van der Waals surface area contributed by atoms with E-state index in [0.29, 0.717) is 17.8 Å². The van der Waals surface area contributed by atoms with Crippen LogP contribution in [0.2, 0.25) is 0 Å². The first-order valence-electron chi connectivity index (χ1n) is 16.0. The van der Waals surface area contributed by atoms with Crippen LogP contribution in [-0.2, 0) is 19.1 Å². The molecule has 0 amide bonds. The van der Waals surface area contributed by atoms with Crippen molar-refractivity contribution in [3.8, 4) is 0 Å². The van der Waals surface area contributed by atoms with Crippen molar-refractivity contribution in [3.05, 3.63) is 0 Å². The Morgan fingerprint density at radius 3 is 1.51 bits per heavy atom. The Bertz CT molecular complexity index is 924. The van der Waals surface area contributed by atoms with Crippen molar-refractivity contribution in [1.82, 2.24) is 0 Å². The number of hydrogen-bond acceptors (Lipinski definition) is 5. The first-order valence-corrected chi connectivity index (χ1v) is 16.0. The molecular formula is C34H56O5. The van der Waals surface area contributed by atoms with Crippen LogP contribution in [-0.4, -0.2) is 34.9 Å². The predicted octanol–water partition coefficient (Wildman–Crippen LogP) is 7.48. The first kappa shape index (κ1) is 29.4. The molecule has 0 aromatic carbocycles. The molecule has 0 aliphatic heterocycles. The molecule has 39 heavy (non-hydrogen) atoms. The third-order valence-corrected chi connectivity index (χ3v) is 14.0. The van der Waals surface area contributed by atoms with Crippen LogP contribution in [0.3, 0.4) is 0 Å². The molecule has 5 aliphatic rings. The fourth-order valence-corrected chi connectivity index (χ4v) is 12.5. The molecule has 0 spiro atoms. The van der Waals surface area contributed by atoms with E-state index in [0.717, 1.165) is 64.2 Å². The zero-order valence-corrected chi connectivity index (χ0v) is 26.3. The molecule has 0 aromatic rings. The normalized spacial score (nSPS) is 50.2. The number of aliphatic hydroxyl groups is 1. The molecular weight excluding hydrogens is 488 g/mol. The van der Waals surface area contributed by atoms with Crippen molar-refractivity contribution >= 4 is 11.9 Å². The average Bonchev–Trinajstić information content (AvgIpc) is 2.91. The van der Waals surface area contributed by atoms with Crippen LogP contribution >= 0.6 is 0 Å². The van der Waals surface area contributed by atoms with Crippen LogP contribution in [0.25, 0.3) is 0 Å². The number of rotatable bonds is 2. The third kappa shape index (κ3) is 4.33. The van der Waals surface area contributed by atoms with Gasteiger partial charge in [-0.05, 0) is 111 Å². The van der Waals surface area contributed by atoms with Crippen LogP contribution in [0.4, 0.5) is 0 Å². The minimum Gasteiger partial charge on any atom is -0.462 e. The maximum atomic E-state index is 12.6. The Morgan fingerprint density at radius 2 is 1.03 bits per heavy atom. The molecule has 0 heterocycles. The summed E-state index contributed by atoms with van der Waals surface area (Å²) in [6, 6.07) is 0. The lowest BCUT2D eigenvalue weighted by atomic mass is 9.41. The molecule has 5 aliphatic carbocycles. The van der Waals surface area contributed by atoms with Crippen LogP contribution in [0.1, 0.15) is 133 Å². The van der Waals surface area contributed by atoms with E-state index in [-0.39, 0.29) is 57.1 Å². The number of ether oxygens (including phenoxy) is 2.